The molecule has 0 atom stereocenters. The van der Waals surface area contributed by atoms with Gasteiger partial charge in [0, 0.05) is 19.5 Å². The van der Waals surface area contributed by atoms with Gasteiger partial charge in [-0.3, -0.25) is 4.79 Å². The van der Waals surface area contributed by atoms with Gasteiger partial charge in [-0.25, -0.2) is 0 Å². The normalized spacial score (nSPS) is 20.1. The predicted octanol–water partition coefficient (Wildman–Crippen LogP) is 1.80. The van der Waals surface area contributed by atoms with Crippen molar-refractivity contribution in [3.63, 3.8) is 0 Å². The van der Waals surface area contributed by atoms with Crippen LogP contribution >= 0.6 is 0 Å². The Labute approximate surface area is 119 Å². The Morgan fingerprint density at radius 3 is 2.80 bits per heavy atom. The molecule has 0 unspecified atom stereocenters. The topological polar surface area (TPSA) is 66.6 Å². The van der Waals surface area contributed by atoms with E-state index in [1.165, 1.54) is 12.0 Å². The second-order valence-electron chi connectivity index (χ2n) is 6.25. The van der Waals surface area contributed by atoms with Crippen LogP contribution in [0.15, 0.2) is 18.2 Å². The number of aromatic hydroxyl groups is 1. The number of nitrogens with zero attached hydrogens (tertiary/aromatic N) is 1. The lowest BCUT2D eigenvalue weighted by atomic mass is 9.66. The Morgan fingerprint density at radius 1 is 1.35 bits per heavy atom. The van der Waals surface area contributed by atoms with E-state index in [0.29, 0.717) is 19.5 Å². The van der Waals surface area contributed by atoms with Crippen molar-refractivity contribution in [3.05, 3.63) is 29.3 Å². The van der Waals surface area contributed by atoms with Crippen LogP contribution in [0.3, 0.4) is 0 Å². The van der Waals surface area contributed by atoms with Crippen molar-refractivity contribution in [1.82, 2.24) is 4.90 Å². The van der Waals surface area contributed by atoms with Crippen molar-refractivity contribution in [1.29, 1.82) is 0 Å². The minimum absolute atomic E-state index is 0.0657. The third-order valence-electron chi connectivity index (χ3n) is 4.93. The van der Waals surface area contributed by atoms with Crippen molar-refractivity contribution < 1.29 is 9.90 Å². The van der Waals surface area contributed by atoms with Crippen molar-refractivity contribution in [3.8, 4) is 5.75 Å². The van der Waals surface area contributed by atoms with E-state index in [2.05, 4.69) is 0 Å². The fourth-order valence-electron chi connectivity index (χ4n) is 3.32. The van der Waals surface area contributed by atoms with Gasteiger partial charge in [0.25, 0.3) is 0 Å². The maximum atomic E-state index is 12.5. The van der Waals surface area contributed by atoms with Crippen LogP contribution < -0.4 is 5.73 Å². The third kappa shape index (κ3) is 2.40. The number of phenols is 1. The number of benzene rings is 1. The zero-order chi connectivity index (χ0) is 14.2. The molecule has 1 aromatic carbocycles. The van der Waals surface area contributed by atoms with Crippen molar-refractivity contribution in [2.45, 2.75) is 38.6 Å². The maximum absolute atomic E-state index is 12.5. The molecule has 0 aromatic heterocycles. The molecule has 20 heavy (non-hydrogen) atoms. The molecule has 4 heteroatoms. The highest BCUT2D eigenvalue weighted by Gasteiger charge is 2.38. The number of nitrogens with two attached hydrogens (primary N) is 1. The SMILES string of the molecule is NCC1(CC(=O)N2CCc3ccc(O)cc3C2)CCC1. The third-order valence-corrected chi connectivity index (χ3v) is 4.93. The van der Waals surface area contributed by atoms with Crippen LogP contribution in [-0.4, -0.2) is 29.0 Å². The number of carbonyl (C=O) groups excluding carboxylic acids is 1. The van der Waals surface area contributed by atoms with Gasteiger partial charge in [0.2, 0.25) is 5.91 Å². The fraction of sp³-hybridized carbons (Fsp3) is 0.562. The van der Waals surface area contributed by atoms with Crippen molar-refractivity contribution >= 4 is 5.91 Å². The molecule has 1 aromatic rings. The first-order valence-corrected chi connectivity index (χ1v) is 7.40. The molecule has 3 N–H and O–H groups in total. The summed E-state index contributed by atoms with van der Waals surface area (Å²) in [7, 11) is 0. The first-order valence-electron chi connectivity index (χ1n) is 7.40. The van der Waals surface area contributed by atoms with E-state index < -0.39 is 0 Å². The summed E-state index contributed by atoms with van der Waals surface area (Å²) in [6.07, 6.45) is 4.82. The average Bonchev–Trinajstić information content (AvgIpc) is 2.41. The Morgan fingerprint density at radius 2 is 2.15 bits per heavy atom. The summed E-state index contributed by atoms with van der Waals surface area (Å²) in [5, 5.41) is 9.56. The summed E-state index contributed by atoms with van der Waals surface area (Å²) >= 11 is 0. The molecular weight excluding hydrogens is 252 g/mol. The van der Waals surface area contributed by atoms with E-state index in [9.17, 15) is 9.90 Å². The van der Waals surface area contributed by atoms with E-state index in [4.69, 9.17) is 5.73 Å². The fourth-order valence-corrected chi connectivity index (χ4v) is 3.32. The summed E-state index contributed by atoms with van der Waals surface area (Å²) in [4.78, 5) is 14.4. The van der Waals surface area contributed by atoms with Gasteiger partial charge < -0.3 is 15.7 Å². The predicted molar refractivity (Wildman–Crippen MR) is 77.2 cm³/mol. The lowest BCUT2D eigenvalue weighted by molar-refractivity contribution is -0.136. The molecule has 0 radical (unpaired) electrons. The van der Waals surface area contributed by atoms with Crippen LogP contribution in [0, 0.1) is 5.41 Å². The van der Waals surface area contributed by atoms with Crippen molar-refractivity contribution in [2.24, 2.45) is 11.1 Å². The molecule has 108 valence electrons. The molecule has 3 rings (SSSR count). The molecule has 0 saturated heterocycles. The Bertz CT molecular complexity index is 518. The standard InChI is InChI=1S/C16H22N2O2/c17-11-16(5-1-6-16)9-15(20)18-7-4-12-2-3-14(19)8-13(12)10-18/h2-3,8,19H,1,4-7,9-11,17H2. The molecule has 1 heterocycles. The molecule has 1 aliphatic carbocycles. The number of phenolic OH excluding ortho intramolecular Hbond substituents is 1. The monoisotopic (exact) mass is 274 g/mol. The van der Waals surface area contributed by atoms with E-state index in [-0.39, 0.29) is 17.1 Å². The van der Waals surface area contributed by atoms with E-state index in [1.807, 2.05) is 11.0 Å². The smallest absolute Gasteiger partial charge is 0.223 e. The zero-order valence-electron chi connectivity index (χ0n) is 11.8. The summed E-state index contributed by atoms with van der Waals surface area (Å²) < 4.78 is 0. The van der Waals surface area contributed by atoms with Gasteiger partial charge >= 0.3 is 0 Å². The van der Waals surface area contributed by atoms with E-state index >= 15 is 0 Å². The first kappa shape index (κ1) is 13.4. The number of carbonyl (C=O) groups is 1. The summed E-state index contributed by atoms with van der Waals surface area (Å²) in [6.45, 7) is 2.00. The zero-order valence-corrected chi connectivity index (χ0v) is 11.8. The van der Waals surface area contributed by atoms with E-state index in [1.54, 1.807) is 12.1 Å². The lowest BCUT2D eigenvalue weighted by Gasteiger charge is -2.42. The Hall–Kier alpha value is -1.55. The van der Waals surface area contributed by atoms with Gasteiger partial charge in [-0.15, -0.1) is 0 Å². The van der Waals surface area contributed by atoms with Crippen LogP contribution in [0.25, 0.3) is 0 Å². The minimum Gasteiger partial charge on any atom is -0.508 e. The molecule has 1 saturated carbocycles. The molecule has 2 aliphatic rings. The number of fused-ring (bicyclic) bond motifs is 1. The van der Waals surface area contributed by atoms with Gasteiger partial charge in [0.15, 0.2) is 0 Å². The van der Waals surface area contributed by atoms with Gasteiger partial charge in [0.05, 0.1) is 0 Å². The molecule has 0 bridgehead atoms. The van der Waals surface area contributed by atoms with Crippen LogP contribution in [-0.2, 0) is 17.8 Å². The van der Waals surface area contributed by atoms with E-state index in [0.717, 1.165) is 31.4 Å². The Balaban J connectivity index is 1.68. The molecule has 1 aliphatic heterocycles. The number of rotatable bonds is 3. The number of amides is 1. The van der Waals surface area contributed by atoms with Crippen molar-refractivity contribution in [2.75, 3.05) is 13.1 Å². The molecule has 4 nitrogen and oxygen atoms in total. The molecular formula is C16H22N2O2. The van der Waals surface area contributed by atoms with Crippen LogP contribution in [0.5, 0.6) is 5.75 Å². The van der Waals surface area contributed by atoms with Crippen LogP contribution in [0.1, 0.15) is 36.8 Å². The Kier molecular flexibility index (Phi) is 3.42. The molecule has 0 spiro atoms. The highest BCUT2D eigenvalue weighted by atomic mass is 16.3. The number of hydrogen-bond donors (Lipinski definition) is 2. The highest BCUT2D eigenvalue weighted by molar-refractivity contribution is 5.77. The first-order chi connectivity index (χ1) is 9.62. The molecule has 1 fully saturated rings. The van der Waals surface area contributed by atoms with Crippen LogP contribution in [0.4, 0.5) is 0 Å². The average molecular weight is 274 g/mol. The largest absolute Gasteiger partial charge is 0.508 e. The minimum atomic E-state index is 0.0657. The second kappa shape index (κ2) is 5.09. The summed E-state index contributed by atoms with van der Waals surface area (Å²) in [5.41, 5.74) is 8.21. The van der Waals surface area contributed by atoms with Gasteiger partial charge in [-0.1, -0.05) is 12.5 Å². The van der Waals surface area contributed by atoms with Gasteiger partial charge in [0.1, 0.15) is 5.75 Å². The summed E-state index contributed by atoms with van der Waals surface area (Å²) in [6, 6.07) is 5.45. The highest BCUT2D eigenvalue weighted by Crippen LogP contribution is 2.43. The second-order valence-corrected chi connectivity index (χ2v) is 6.25. The lowest BCUT2D eigenvalue weighted by Crippen LogP contribution is -2.44. The summed E-state index contributed by atoms with van der Waals surface area (Å²) in [5.74, 6) is 0.486. The molecule has 1 amide bonds. The maximum Gasteiger partial charge on any atom is 0.223 e. The van der Waals surface area contributed by atoms with Gasteiger partial charge in [-0.2, -0.15) is 0 Å². The quantitative estimate of drug-likeness (QED) is 0.883. The van der Waals surface area contributed by atoms with Gasteiger partial charge in [-0.05, 0) is 54.5 Å². The van der Waals surface area contributed by atoms with Crippen LogP contribution in [0.2, 0.25) is 0 Å². The number of hydrogen-bond acceptors (Lipinski definition) is 3.